The average Bonchev–Trinajstić information content (AvgIpc) is 1.91. The van der Waals surface area contributed by atoms with Crippen molar-refractivity contribution in [2.45, 2.75) is 19.6 Å². The van der Waals surface area contributed by atoms with E-state index in [0.717, 1.165) is 10.2 Å². The van der Waals surface area contributed by atoms with E-state index >= 15 is 0 Å². The summed E-state index contributed by atoms with van der Waals surface area (Å²) in [7, 11) is -1.43. The van der Waals surface area contributed by atoms with Gasteiger partial charge in [-0.3, -0.25) is 0 Å². The lowest BCUT2D eigenvalue weighted by Crippen LogP contribution is -2.29. The molecule has 12 heavy (non-hydrogen) atoms. The van der Waals surface area contributed by atoms with Crippen molar-refractivity contribution in [3.8, 4) is 5.75 Å². The van der Waals surface area contributed by atoms with Crippen LogP contribution in [0, 0.1) is 0 Å². The van der Waals surface area contributed by atoms with Gasteiger partial charge in [0.2, 0.25) is 8.32 Å². The molecule has 0 heterocycles. The van der Waals surface area contributed by atoms with Crippen LogP contribution < -0.4 is 4.43 Å². The van der Waals surface area contributed by atoms with E-state index in [-0.39, 0.29) is 0 Å². The van der Waals surface area contributed by atoms with Crippen LogP contribution in [0.1, 0.15) is 0 Å². The highest BCUT2D eigenvalue weighted by Crippen LogP contribution is 2.19. The van der Waals surface area contributed by atoms with E-state index in [0.29, 0.717) is 0 Å². The minimum atomic E-state index is -1.43. The second kappa shape index (κ2) is 3.62. The zero-order valence-electron chi connectivity index (χ0n) is 7.60. The fourth-order valence-electron chi connectivity index (χ4n) is 0.856. The van der Waals surface area contributed by atoms with Crippen molar-refractivity contribution in [2.24, 2.45) is 0 Å². The van der Waals surface area contributed by atoms with E-state index in [2.05, 4.69) is 35.6 Å². The molecule has 0 atom stereocenters. The Labute approximate surface area is 83.0 Å². The Kier molecular flexibility index (Phi) is 2.96. The predicted octanol–water partition coefficient (Wildman–Crippen LogP) is 3.66. The maximum absolute atomic E-state index is 5.77. The molecule has 0 N–H and O–H groups in total. The van der Waals surface area contributed by atoms with Gasteiger partial charge in [-0.25, -0.2) is 0 Å². The molecule has 66 valence electrons. The molecule has 0 aliphatic carbocycles. The normalized spacial score (nSPS) is 11.3. The van der Waals surface area contributed by atoms with Gasteiger partial charge in [0.1, 0.15) is 5.75 Å². The number of halogens is 1. The Morgan fingerprint density at radius 1 is 1.08 bits per heavy atom. The number of rotatable bonds is 2. The van der Waals surface area contributed by atoms with Gasteiger partial charge >= 0.3 is 0 Å². The van der Waals surface area contributed by atoms with Crippen LogP contribution in [-0.2, 0) is 0 Å². The van der Waals surface area contributed by atoms with Crippen LogP contribution in [0.3, 0.4) is 0 Å². The number of hydrogen-bond acceptors (Lipinski definition) is 1. The van der Waals surface area contributed by atoms with Gasteiger partial charge in [-0.2, -0.15) is 0 Å². The summed E-state index contributed by atoms with van der Waals surface area (Å²) in [5.41, 5.74) is 0. The fraction of sp³-hybridized carbons (Fsp3) is 0.333. The highest BCUT2D eigenvalue weighted by Gasteiger charge is 2.15. The van der Waals surface area contributed by atoms with E-state index in [1.165, 1.54) is 0 Å². The highest BCUT2D eigenvalue weighted by atomic mass is 79.9. The maximum Gasteiger partial charge on any atom is 0.242 e. The molecule has 0 spiro atoms. The van der Waals surface area contributed by atoms with Crippen molar-refractivity contribution in [3.05, 3.63) is 28.7 Å². The first-order valence-electron chi connectivity index (χ1n) is 3.92. The van der Waals surface area contributed by atoms with E-state index in [4.69, 9.17) is 4.43 Å². The van der Waals surface area contributed by atoms with Crippen molar-refractivity contribution in [1.82, 2.24) is 0 Å². The molecule has 0 aliphatic rings. The molecule has 1 aromatic rings. The van der Waals surface area contributed by atoms with Crippen LogP contribution in [-0.4, -0.2) is 8.32 Å². The largest absolute Gasteiger partial charge is 0.544 e. The SMILES string of the molecule is C[Si](C)(C)Oc1ccc(Br)cc1. The molecular formula is C9H13BrOSi. The third-order valence-electron chi connectivity index (χ3n) is 1.24. The lowest BCUT2D eigenvalue weighted by atomic mass is 10.3. The monoisotopic (exact) mass is 244 g/mol. The third-order valence-corrected chi connectivity index (χ3v) is 2.61. The van der Waals surface area contributed by atoms with Gasteiger partial charge in [0.05, 0.1) is 0 Å². The smallest absolute Gasteiger partial charge is 0.242 e. The summed E-state index contributed by atoms with van der Waals surface area (Å²) >= 11 is 3.38. The summed E-state index contributed by atoms with van der Waals surface area (Å²) in [6, 6.07) is 7.97. The molecule has 0 radical (unpaired) electrons. The molecule has 0 saturated heterocycles. The van der Waals surface area contributed by atoms with Crippen molar-refractivity contribution >= 4 is 24.2 Å². The third kappa shape index (κ3) is 3.41. The molecule has 1 rings (SSSR count). The van der Waals surface area contributed by atoms with Crippen LogP contribution >= 0.6 is 15.9 Å². The van der Waals surface area contributed by atoms with Crippen LogP contribution in [0.4, 0.5) is 0 Å². The molecule has 0 amide bonds. The van der Waals surface area contributed by atoms with Crippen LogP contribution in [0.25, 0.3) is 0 Å². The highest BCUT2D eigenvalue weighted by molar-refractivity contribution is 9.10. The first-order valence-corrected chi connectivity index (χ1v) is 8.12. The molecule has 0 aliphatic heterocycles. The van der Waals surface area contributed by atoms with Crippen LogP contribution in [0.5, 0.6) is 5.75 Å². The summed E-state index contributed by atoms with van der Waals surface area (Å²) in [5.74, 6) is 0.970. The second-order valence-electron chi connectivity index (χ2n) is 3.67. The fourth-order valence-corrected chi connectivity index (χ4v) is 1.96. The zero-order chi connectivity index (χ0) is 9.19. The topological polar surface area (TPSA) is 9.23 Å². The van der Waals surface area contributed by atoms with Crippen molar-refractivity contribution in [2.75, 3.05) is 0 Å². The summed E-state index contributed by atoms with van der Waals surface area (Å²) < 4.78 is 6.86. The quantitative estimate of drug-likeness (QED) is 0.722. The Morgan fingerprint density at radius 2 is 1.58 bits per heavy atom. The number of hydrogen-bond donors (Lipinski definition) is 0. The summed E-state index contributed by atoms with van der Waals surface area (Å²) in [6.07, 6.45) is 0. The summed E-state index contributed by atoms with van der Waals surface area (Å²) in [6.45, 7) is 6.53. The molecule has 0 aromatic heterocycles. The van der Waals surface area contributed by atoms with Crippen LogP contribution in [0.15, 0.2) is 28.7 Å². The van der Waals surface area contributed by atoms with Gasteiger partial charge in [0.15, 0.2) is 0 Å². The first-order chi connectivity index (χ1) is 5.47. The van der Waals surface area contributed by atoms with Crippen LogP contribution in [0.2, 0.25) is 19.6 Å². The standard InChI is InChI=1S/C9H13BrOSi/c1-12(2,3)11-9-6-4-8(10)5-7-9/h4-7H,1-3H3. The minimum Gasteiger partial charge on any atom is -0.544 e. The molecule has 3 heteroatoms. The molecule has 0 fully saturated rings. The molecule has 0 unspecified atom stereocenters. The van der Waals surface area contributed by atoms with E-state index in [1.54, 1.807) is 0 Å². The van der Waals surface area contributed by atoms with E-state index in [1.807, 2.05) is 24.3 Å². The minimum absolute atomic E-state index is 0.970. The van der Waals surface area contributed by atoms with Gasteiger partial charge in [-0.1, -0.05) is 15.9 Å². The molecular weight excluding hydrogens is 232 g/mol. The van der Waals surface area contributed by atoms with Crippen molar-refractivity contribution in [1.29, 1.82) is 0 Å². The van der Waals surface area contributed by atoms with Crippen molar-refractivity contribution < 1.29 is 4.43 Å². The van der Waals surface area contributed by atoms with E-state index in [9.17, 15) is 0 Å². The Morgan fingerprint density at radius 3 is 2.00 bits per heavy atom. The Balaban J connectivity index is 2.71. The van der Waals surface area contributed by atoms with Gasteiger partial charge in [-0.15, -0.1) is 0 Å². The Bertz CT molecular complexity index is 250. The van der Waals surface area contributed by atoms with Gasteiger partial charge < -0.3 is 4.43 Å². The molecule has 1 aromatic carbocycles. The zero-order valence-corrected chi connectivity index (χ0v) is 10.2. The summed E-state index contributed by atoms with van der Waals surface area (Å²) in [5, 5.41) is 0. The average molecular weight is 245 g/mol. The van der Waals surface area contributed by atoms with Crippen molar-refractivity contribution in [3.63, 3.8) is 0 Å². The molecule has 1 nitrogen and oxygen atoms in total. The van der Waals surface area contributed by atoms with E-state index < -0.39 is 8.32 Å². The maximum atomic E-state index is 5.77. The molecule has 0 saturated carbocycles. The first kappa shape index (κ1) is 9.80. The van der Waals surface area contributed by atoms with Gasteiger partial charge in [-0.05, 0) is 43.9 Å². The van der Waals surface area contributed by atoms with Gasteiger partial charge in [0, 0.05) is 4.47 Å². The Hall–Kier alpha value is -0.283. The van der Waals surface area contributed by atoms with Gasteiger partial charge in [0.25, 0.3) is 0 Å². The molecule has 0 bridgehead atoms. The summed E-state index contributed by atoms with van der Waals surface area (Å²) in [4.78, 5) is 0. The second-order valence-corrected chi connectivity index (χ2v) is 9.01. The predicted molar refractivity (Wildman–Crippen MR) is 58.1 cm³/mol. The lowest BCUT2D eigenvalue weighted by molar-refractivity contribution is 0.557. The lowest BCUT2D eigenvalue weighted by Gasteiger charge is -2.18. The number of benzene rings is 1.